The van der Waals surface area contributed by atoms with Gasteiger partial charge in [-0.2, -0.15) is 0 Å². The van der Waals surface area contributed by atoms with Gasteiger partial charge in [-0.25, -0.2) is 0 Å². The number of rotatable bonds is 6. The van der Waals surface area contributed by atoms with E-state index in [2.05, 4.69) is 0 Å². The van der Waals surface area contributed by atoms with Gasteiger partial charge in [-0.1, -0.05) is 18.2 Å². The minimum atomic E-state index is 0.534. The molecule has 4 N–H and O–H groups in total. The molecule has 0 heterocycles. The number of aldehydes is 1. The van der Waals surface area contributed by atoms with Crippen LogP contribution < -0.4 is 20.9 Å². The molecule has 0 saturated carbocycles. The summed E-state index contributed by atoms with van der Waals surface area (Å²) in [6, 6.07) is 10.9. The lowest BCUT2D eigenvalue weighted by Crippen LogP contribution is -1.97. The van der Waals surface area contributed by atoms with E-state index in [1.54, 1.807) is 45.6 Å². The van der Waals surface area contributed by atoms with Gasteiger partial charge in [0.15, 0.2) is 11.5 Å². The Morgan fingerprint density at radius 3 is 2.24 bits per heavy atom. The van der Waals surface area contributed by atoms with Gasteiger partial charge in [0, 0.05) is 24.0 Å². The molecule has 134 valence electrons. The van der Waals surface area contributed by atoms with E-state index < -0.39 is 0 Å². The second kappa shape index (κ2) is 10.7. The maximum atomic E-state index is 10.1. The van der Waals surface area contributed by atoms with Gasteiger partial charge in [-0.15, -0.1) is 0 Å². The van der Waals surface area contributed by atoms with E-state index in [0.29, 0.717) is 29.5 Å². The number of carbonyl (C=O) groups is 1. The molecule has 0 amide bonds. The van der Waals surface area contributed by atoms with Crippen LogP contribution in [0.25, 0.3) is 6.08 Å². The van der Waals surface area contributed by atoms with Crippen LogP contribution >= 0.6 is 0 Å². The van der Waals surface area contributed by atoms with Crippen molar-refractivity contribution < 1.29 is 19.0 Å². The van der Waals surface area contributed by atoms with Crippen LogP contribution in [0.2, 0.25) is 0 Å². The number of allylic oxidation sites excluding steroid dienone is 1. The molecule has 6 nitrogen and oxygen atoms in total. The van der Waals surface area contributed by atoms with Crippen molar-refractivity contribution in [2.24, 2.45) is 0 Å². The second-order valence-corrected chi connectivity index (χ2v) is 5.00. The number of anilines is 2. The Morgan fingerprint density at radius 1 is 0.960 bits per heavy atom. The van der Waals surface area contributed by atoms with E-state index in [-0.39, 0.29) is 0 Å². The monoisotopic (exact) mass is 344 g/mol. The Bertz CT molecular complexity index is 715. The predicted octanol–water partition coefficient (Wildman–Crippen LogP) is 2.91. The summed E-state index contributed by atoms with van der Waals surface area (Å²) in [6.45, 7) is 0.534. The first-order valence-corrected chi connectivity index (χ1v) is 7.52. The van der Waals surface area contributed by atoms with Crippen LogP contribution in [0.1, 0.15) is 11.1 Å². The van der Waals surface area contributed by atoms with E-state index in [1.807, 2.05) is 18.2 Å². The van der Waals surface area contributed by atoms with Gasteiger partial charge < -0.3 is 25.7 Å². The molecule has 0 radical (unpaired) electrons. The van der Waals surface area contributed by atoms with Crippen LogP contribution in [0.4, 0.5) is 11.4 Å². The number of hydrogen-bond donors (Lipinski definition) is 2. The quantitative estimate of drug-likeness (QED) is 0.475. The zero-order valence-corrected chi connectivity index (χ0v) is 14.7. The molecule has 0 bridgehead atoms. The molecule has 0 unspecified atom stereocenters. The summed E-state index contributed by atoms with van der Waals surface area (Å²) in [5, 5.41) is 0. The topological polar surface area (TPSA) is 96.8 Å². The Labute approximate surface area is 148 Å². The van der Waals surface area contributed by atoms with Crippen LogP contribution in [0.5, 0.6) is 11.5 Å². The third kappa shape index (κ3) is 6.56. The molecule has 2 rings (SSSR count). The van der Waals surface area contributed by atoms with Gasteiger partial charge in [-0.05, 0) is 35.9 Å². The third-order valence-electron chi connectivity index (χ3n) is 3.24. The van der Waals surface area contributed by atoms with E-state index in [0.717, 1.165) is 17.4 Å². The number of nitrogens with two attached hydrogens (primary N) is 2. The van der Waals surface area contributed by atoms with Crippen LogP contribution in [0, 0.1) is 0 Å². The molecule has 2 aromatic carbocycles. The van der Waals surface area contributed by atoms with Gasteiger partial charge in [0.05, 0.1) is 20.8 Å². The maximum absolute atomic E-state index is 10.1. The summed E-state index contributed by atoms with van der Waals surface area (Å²) >= 11 is 0. The van der Waals surface area contributed by atoms with Gasteiger partial charge in [-0.3, -0.25) is 4.79 Å². The maximum Gasteiger partial charge on any atom is 0.161 e. The highest BCUT2D eigenvalue weighted by molar-refractivity contribution is 5.74. The SMILES string of the molecule is COCc1ccc(N)cc1N.COc1ccc(/C=C/C=O)cc1OC. The average molecular weight is 344 g/mol. The normalized spacial score (nSPS) is 10.0. The standard InChI is InChI=1S/C11H12O3.C8H12N2O/c1-13-10-6-5-9(4-3-7-12)8-11(10)14-2;1-11-5-6-2-3-7(9)4-8(6)10/h3-8H,1-2H3;2-4H,5,9-10H2,1H3/b4-3+;. The summed E-state index contributed by atoms with van der Waals surface area (Å²) < 4.78 is 15.1. The summed E-state index contributed by atoms with van der Waals surface area (Å²) in [6.07, 6.45) is 3.87. The fourth-order valence-electron chi connectivity index (χ4n) is 2.01. The molecule has 0 aromatic heterocycles. The van der Waals surface area contributed by atoms with Gasteiger partial charge >= 0.3 is 0 Å². The molecule has 0 aliphatic carbocycles. The van der Waals surface area contributed by atoms with Crippen molar-refractivity contribution in [1.29, 1.82) is 0 Å². The first kappa shape index (κ1) is 20.1. The van der Waals surface area contributed by atoms with E-state index in [9.17, 15) is 4.79 Å². The molecule has 0 aliphatic rings. The molecule has 0 atom stereocenters. The minimum Gasteiger partial charge on any atom is -0.493 e. The third-order valence-corrected chi connectivity index (χ3v) is 3.24. The molecule has 6 heteroatoms. The lowest BCUT2D eigenvalue weighted by molar-refractivity contribution is -0.104. The molecule has 0 fully saturated rings. The van der Waals surface area contributed by atoms with Crippen molar-refractivity contribution in [1.82, 2.24) is 0 Å². The van der Waals surface area contributed by atoms with Gasteiger partial charge in [0.25, 0.3) is 0 Å². The average Bonchev–Trinajstić information content (AvgIpc) is 2.62. The van der Waals surface area contributed by atoms with E-state index >= 15 is 0 Å². The van der Waals surface area contributed by atoms with Crippen LogP contribution in [-0.4, -0.2) is 27.6 Å². The number of ether oxygens (including phenoxy) is 3. The summed E-state index contributed by atoms with van der Waals surface area (Å²) in [5.41, 5.74) is 14.4. The fraction of sp³-hybridized carbons (Fsp3) is 0.211. The number of methoxy groups -OCH3 is 3. The molecular weight excluding hydrogens is 320 g/mol. The smallest absolute Gasteiger partial charge is 0.161 e. The Hall–Kier alpha value is -2.99. The number of nitrogen functional groups attached to an aromatic ring is 2. The molecule has 2 aromatic rings. The molecule has 0 spiro atoms. The van der Waals surface area contributed by atoms with E-state index in [1.165, 1.54) is 6.08 Å². The zero-order chi connectivity index (χ0) is 18.7. The van der Waals surface area contributed by atoms with Crippen LogP contribution in [-0.2, 0) is 16.1 Å². The van der Waals surface area contributed by atoms with E-state index in [4.69, 9.17) is 25.7 Å². The van der Waals surface area contributed by atoms with Gasteiger partial charge in [0.1, 0.15) is 6.29 Å². The second-order valence-electron chi connectivity index (χ2n) is 5.00. The number of hydrogen-bond acceptors (Lipinski definition) is 6. The summed E-state index contributed by atoms with van der Waals surface area (Å²) in [5.74, 6) is 1.33. The highest BCUT2D eigenvalue weighted by Crippen LogP contribution is 2.27. The molecular formula is C19H24N2O4. The molecule has 25 heavy (non-hydrogen) atoms. The van der Waals surface area contributed by atoms with Crippen LogP contribution in [0.15, 0.2) is 42.5 Å². The lowest BCUT2D eigenvalue weighted by Gasteiger charge is -2.07. The van der Waals surface area contributed by atoms with Crippen molar-refractivity contribution in [3.63, 3.8) is 0 Å². The Kier molecular flexibility index (Phi) is 8.60. The van der Waals surface area contributed by atoms with Crippen molar-refractivity contribution >= 4 is 23.7 Å². The van der Waals surface area contributed by atoms with Crippen molar-refractivity contribution in [3.05, 3.63) is 53.6 Å². The highest BCUT2D eigenvalue weighted by Gasteiger charge is 2.02. The summed E-state index contributed by atoms with van der Waals surface area (Å²) in [4.78, 5) is 10.1. The Balaban J connectivity index is 0.000000257. The highest BCUT2D eigenvalue weighted by atomic mass is 16.5. The summed E-state index contributed by atoms with van der Waals surface area (Å²) in [7, 11) is 4.79. The first-order valence-electron chi connectivity index (χ1n) is 7.52. The van der Waals surface area contributed by atoms with Gasteiger partial charge in [0.2, 0.25) is 0 Å². The van der Waals surface area contributed by atoms with Crippen molar-refractivity contribution in [2.75, 3.05) is 32.8 Å². The molecule has 0 saturated heterocycles. The Morgan fingerprint density at radius 2 is 1.68 bits per heavy atom. The lowest BCUT2D eigenvalue weighted by atomic mass is 10.2. The first-order chi connectivity index (χ1) is 12.0. The molecule has 0 aliphatic heterocycles. The van der Waals surface area contributed by atoms with Crippen molar-refractivity contribution in [2.45, 2.75) is 6.61 Å². The minimum absolute atomic E-state index is 0.534. The zero-order valence-electron chi connectivity index (χ0n) is 14.7. The largest absolute Gasteiger partial charge is 0.493 e. The fourth-order valence-corrected chi connectivity index (χ4v) is 2.01. The number of benzene rings is 2. The predicted molar refractivity (Wildman–Crippen MR) is 101 cm³/mol. The van der Waals surface area contributed by atoms with Crippen LogP contribution in [0.3, 0.4) is 0 Å². The van der Waals surface area contributed by atoms with Crippen molar-refractivity contribution in [3.8, 4) is 11.5 Å². The number of carbonyl (C=O) groups excluding carboxylic acids is 1.